The van der Waals surface area contributed by atoms with Gasteiger partial charge in [-0.1, -0.05) is 11.8 Å². The van der Waals surface area contributed by atoms with Gasteiger partial charge in [-0.25, -0.2) is 4.98 Å². The minimum Gasteiger partial charge on any atom is -0.329 e. The number of pyridine rings is 1. The highest BCUT2D eigenvalue weighted by molar-refractivity contribution is 7.99. The first-order valence-electron chi connectivity index (χ1n) is 5.53. The van der Waals surface area contributed by atoms with Gasteiger partial charge in [-0.3, -0.25) is 9.78 Å². The molecule has 2 rings (SSSR count). The topological polar surface area (TPSA) is 84.7 Å². The van der Waals surface area contributed by atoms with E-state index >= 15 is 0 Å². The van der Waals surface area contributed by atoms with Crippen molar-refractivity contribution in [2.75, 3.05) is 6.54 Å². The van der Waals surface area contributed by atoms with Crippen LogP contribution < -0.4 is 11.3 Å². The molecule has 0 aromatic carbocycles. The summed E-state index contributed by atoms with van der Waals surface area (Å²) in [7, 11) is 0. The summed E-state index contributed by atoms with van der Waals surface area (Å²) in [4.78, 5) is 22.3. The first kappa shape index (κ1) is 12.8. The predicted octanol–water partition coefficient (Wildman–Crippen LogP) is 1.27. The summed E-state index contributed by atoms with van der Waals surface area (Å²) < 4.78 is 0. The maximum absolute atomic E-state index is 11.4. The Morgan fingerprint density at radius 3 is 2.78 bits per heavy atom. The van der Waals surface area contributed by atoms with Crippen LogP contribution in [0.4, 0.5) is 0 Å². The van der Waals surface area contributed by atoms with Crippen LogP contribution in [0.1, 0.15) is 16.5 Å². The largest absolute Gasteiger partial charge is 0.329 e. The molecule has 18 heavy (non-hydrogen) atoms. The van der Waals surface area contributed by atoms with Gasteiger partial charge in [-0.2, -0.15) is 0 Å². The van der Waals surface area contributed by atoms with E-state index in [4.69, 9.17) is 5.73 Å². The van der Waals surface area contributed by atoms with Gasteiger partial charge in [0.25, 0.3) is 5.56 Å². The van der Waals surface area contributed by atoms with E-state index in [0.29, 0.717) is 17.4 Å². The smallest absolute Gasteiger partial charge is 0.251 e. The van der Waals surface area contributed by atoms with Gasteiger partial charge in [-0.05, 0) is 24.6 Å². The lowest BCUT2D eigenvalue weighted by atomic mass is 10.2. The van der Waals surface area contributed by atoms with Crippen LogP contribution in [-0.2, 0) is 0 Å². The van der Waals surface area contributed by atoms with E-state index in [0.717, 1.165) is 5.56 Å². The molecule has 0 aliphatic heterocycles. The molecule has 0 aliphatic carbocycles. The molecule has 0 saturated heterocycles. The quantitative estimate of drug-likeness (QED) is 0.640. The normalized spacial score (nSPS) is 12.3. The van der Waals surface area contributed by atoms with Crippen molar-refractivity contribution < 1.29 is 0 Å². The fourth-order valence-corrected chi connectivity index (χ4v) is 2.59. The summed E-state index contributed by atoms with van der Waals surface area (Å²) in [5.74, 6) is 0. The third-order valence-corrected chi connectivity index (χ3v) is 3.56. The average molecular weight is 262 g/mol. The molecular weight excluding hydrogens is 248 g/mol. The van der Waals surface area contributed by atoms with E-state index in [1.807, 2.05) is 12.1 Å². The van der Waals surface area contributed by atoms with Crippen molar-refractivity contribution in [2.45, 2.75) is 17.3 Å². The number of thioether (sulfide) groups is 1. The molecule has 0 saturated carbocycles. The number of nitrogens with one attached hydrogen (secondary N) is 1. The van der Waals surface area contributed by atoms with E-state index in [1.165, 1.54) is 17.8 Å². The summed E-state index contributed by atoms with van der Waals surface area (Å²) in [5, 5.41) is 0.644. The Hall–Kier alpha value is -1.66. The zero-order chi connectivity index (χ0) is 13.0. The fraction of sp³-hybridized carbons (Fsp3) is 0.250. The van der Waals surface area contributed by atoms with Gasteiger partial charge in [0, 0.05) is 35.9 Å². The first-order valence-corrected chi connectivity index (χ1v) is 6.41. The predicted molar refractivity (Wildman–Crippen MR) is 71.5 cm³/mol. The van der Waals surface area contributed by atoms with Crippen LogP contribution in [-0.4, -0.2) is 21.5 Å². The molecule has 0 aliphatic rings. The third kappa shape index (κ3) is 3.18. The fourth-order valence-electron chi connectivity index (χ4n) is 1.57. The van der Waals surface area contributed by atoms with E-state index in [-0.39, 0.29) is 10.8 Å². The van der Waals surface area contributed by atoms with E-state index in [9.17, 15) is 4.79 Å². The summed E-state index contributed by atoms with van der Waals surface area (Å²) in [6.07, 6.45) is 3.45. The lowest BCUT2D eigenvalue weighted by Crippen LogP contribution is -2.13. The van der Waals surface area contributed by atoms with E-state index < -0.39 is 0 Å². The molecule has 2 heterocycles. The Kier molecular flexibility index (Phi) is 4.11. The molecule has 0 fully saturated rings. The number of aryl methyl sites for hydroxylation is 1. The number of aromatic nitrogens is 3. The maximum atomic E-state index is 11.4. The Morgan fingerprint density at radius 1 is 1.44 bits per heavy atom. The van der Waals surface area contributed by atoms with Crippen LogP contribution in [0.15, 0.2) is 40.5 Å². The van der Waals surface area contributed by atoms with Crippen LogP contribution in [0, 0.1) is 6.92 Å². The van der Waals surface area contributed by atoms with Gasteiger partial charge in [0.2, 0.25) is 0 Å². The Balaban J connectivity index is 2.23. The van der Waals surface area contributed by atoms with Crippen molar-refractivity contribution in [3.05, 3.63) is 52.2 Å². The van der Waals surface area contributed by atoms with Crippen molar-refractivity contribution in [1.29, 1.82) is 0 Å². The number of nitrogens with two attached hydrogens (primary N) is 1. The average Bonchev–Trinajstić information content (AvgIpc) is 2.36. The summed E-state index contributed by atoms with van der Waals surface area (Å²) in [6.45, 7) is 2.26. The second-order valence-corrected chi connectivity index (χ2v) is 5.01. The van der Waals surface area contributed by atoms with Gasteiger partial charge in [0.15, 0.2) is 5.16 Å². The van der Waals surface area contributed by atoms with Crippen LogP contribution in [0.25, 0.3) is 0 Å². The Labute approximate surface area is 109 Å². The second-order valence-electron chi connectivity index (χ2n) is 3.81. The SMILES string of the molecule is Cc1cc(=O)[nH]c(SC(CN)c2ccncc2)n1. The highest BCUT2D eigenvalue weighted by atomic mass is 32.2. The molecular formula is C12H14N4OS. The first-order chi connectivity index (χ1) is 8.69. The highest BCUT2D eigenvalue weighted by Gasteiger charge is 2.13. The molecule has 5 nitrogen and oxygen atoms in total. The lowest BCUT2D eigenvalue weighted by Gasteiger charge is -2.13. The number of rotatable bonds is 4. The maximum Gasteiger partial charge on any atom is 0.251 e. The van der Waals surface area contributed by atoms with E-state index in [1.54, 1.807) is 19.3 Å². The summed E-state index contributed by atoms with van der Waals surface area (Å²) in [6, 6.07) is 5.30. The van der Waals surface area contributed by atoms with Crippen LogP contribution >= 0.6 is 11.8 Å². The molecule has 0 amide bonds. The van der Waals surface area contributed by atoms with Gasteiger partial charge >= 0.3 is 0 Å². The van der Waals surface area contributed by atoms with Gasteiger partial charge in [-0.15, -0.1) is 0 Å². The molecule has 6 heteroatoms. The standard InChI is InChI=1S/C12H14N4OS/c1-8-6-11(17)16-12(15-8)18-10(7-13)9-2-4-14-5-3-9/h2-6,10H,7,13H2,1H3,(H,15,16,17). The molecule has 1 unspecified atom stereocenters. The molecule has 0 bridgehead atoms. The number of nitrogens with zero attached hydrogens (tertiary/aromatic N) is 2. The molecule has 3 N–H and O–H groups in total. The van der Waals surface area contributed by atoms with Crippen LogP contribution in [0.5, 0.6) is 0 Å². The van der Waals surface area contributed by atoms with Crippen LogP contribution in [0.3, 0.4) is 0 Å². The molecule has 94 valence electrons. The number of hydrogen-bond donors (Lipinski definition) is 2. The second kappa shape index (κ2) is 5.79. The minimum atomic E-state index is -0.143. The van der Waals surface area contributed by atoms with Crippen molar-refractivity contribution in [3.8, 4) is 0 Å². The molecule has 2 aromatic heterocycles. The van der Waals surface area contributed by atoms with Crippen molar-refractivity contribution in [3.63, 3.8) is 0 Å². The molecule has 0 spiro atoms. The molecule has 2 aromatic rings. The van der Waals surface area contributed by atoms with E-state index in [2.05, 4.69) is 15.0 Å². The van der Waals surface area contributed by atoms with Crippen molar-refractivity contribution >= 4 is 11.8 Å². The molecule has 0 radical (unpaired) electrons. The third-order valence-electron chi connectivity index (χ3n) is 2.39. The number of aromatic amines is 1. The van der Waals surface area contributed by atoms with Crippen molar-refractivity contribution in [1.82, 2.24) is 15.0 Å². The van der Waals surface area contributed by atoms with Gasteiger partial charge in [0.1, 0.15) is 0 Å². The van der Waals surface area contributed by atoms with Crippen LogP contribution in [0.2, 0.25) is 0 Å². The monoisotopic (exact) mass is 262 g/mol. The summed E-state index contributed by atoms with van der Waals surface area (Å²) in [5.41, 5.74) is 7.40. The summed E-state index contributed by atoms with van der Waals surface area (Å²) >= 11 is 1.45. The molecule has 1 atom stereocenters. The lowest BCUT2D eigenvalue weighted by molar-refractivity contribution is 0.878. The minimum absolute atomic E-state index is 0.0537. The van der Waals surface area contributed by atoms with Gasteiger partial charge < -0.3 is 10.7 Å². The number of H-pyrrole nitrogens is 1. The Morgan fingerprint density at radius 2 is 2.17 bits per heavy atom. The zero-order valence-corrected chi connectivity index (χ0v) is 10.8. The van der Waals surface area contributed by atoms with Crippen molar-refractivity contribution in [2.24, 2.45) is 5.73 Å². The Bertz CT molecular complexity index is 570. The van der Waals surface area contributed by atoms with Gasteiger partial charge in [0.05, 0.1) is 0 Å². The highest BCUT2D eigenvalue weighted by Crippen LogP contribution is 2.31. The zero-order valence-electron chi connectivity index (χ0n) is 9.96. The number of hydrogen-bond acceptors (Lipinski definition) is 5.